The molecule has 0 fully saturated rings. The zero-order valence-corrected chi connectivity index (χ0v) is 6.03. The van der Waals surface area contributed by atoms with Crippen molar-refractivity contribution in [3.63, 3.8) is 0 Å². The number of hydrogen-bond donors (Lipinski definition) is 0. The SMILES string of the molecule is C1=C/C=C/C/C=C/CC=C1. The molecule has 0 aliphatic heterocycles. The monoisotopic (exact) mass is 132 g/mol. The van der Waals surface area contributed by atoms with Gasteiger partial charge in [0.2, 0.25) is 0 Å². The molecule has 0 aromatic heterocycles. The molecule has 0 aromatic rings. The molecule has 0 heteroatoms. The van der Waals surface area contributed by atoms with Gasteiger partial charge in [-0.15, -0.1) is 0 Å². The minimum absolute atomic E-state index is 1.05. The van der Waals surface area contributed by atoms with Crippen molar-refractivity contribution >= 4 is 0 Å². The molecular weight excluding hydrogens is 120 g/mol. The summed E-state index contributed by atoms with van der Waals surface area (Å²) in [4.78, 5) is 0. The van der Waals surface area contributed by atoms with Gasteiger partial charge in [0.1, 0.15) is 0 Å². The van der Waals surface area contributed by atoms with E-state index < -0.39 is 0 Å². The molecule has 0 N–H and O–H groups in total. The first-order valence-corrected chi connectivity index (χ1v) is 3.63. The van der Waals surface area contributed by atoms with E-state index in [1.165, 1.54) is 0 Å². The zero-order valence-electron chi connectivity index (χ0n) is 6.03. The average molecular weight is 132 g/mol. The maximum Gasteiger partial charge on any atom is -0.0166 e. The summed E-state index contributed by atoms with van der Waals surface area (Å²) in [6.45, 7) is 0. The molecule has 0 bridgehead atoms. The van der Waals surface area contributed by atoms with Crippen molar-refractivity contribution < 1.29 is 0 Å². The highest BCUT2D eigenvalue weighted by Gasteiger charge is 1.73. The second-order valence-electron chi connectivity index (χ2n) is 2.18. The Bertz CT molecular complexity index is 160. The van der Waals surface area contributed by atoms with E-state index in [4.69, 9.17) is 0 Å². The van der Waals surface area contributed by atoms with Gasteiger partial charge in [-0.1, -0.05) is 48.6 Å². The molecule has 0 aromatic carbocycles. The normalized spacial score (nSPS) is 24.0. The van der Waals surface area contributed by atoms with Crippen LogP contribution in [0.25, 0.3) is 0 Å². The average Bonchev–Trinajstić information content (AvgIpc) is 2.01. The number of allylic oxidation sites excluding steroid dienone is 8. The van der Waals surface area contributed by atoms with Crippen LogP contribution in [0.1, 0.15) is 12.8 Å². The lowest BCUT2D eigenvalue weighted by atomic mass is 10.2. The first-order valence-electron chi connectivity index (χ1n) is 3.63. The lowest BCUT2D eigenvalue weighted by molar-refractivity contribution is 1.31. The van der Waals surface area contributed by atoms with Gasteiger partial charge < -0.3 is 0 Å². The van der Waals surface area contributed by atoms with Gasteiger partial charge in [-0.25, -0.2) is 0 Å². The van der Waals surface area contributed by atoms with E-state index in [0.717, 1.165) is 12.8 Å². The van der Waals surface area contributed by atoms with Crippen LogP contribution in [0.15, 0.2) is 48.6 Å². The topological polar surface area (TPSA) is 0 Å². The van der Waals surface area contributed by atoms with Gasteiger partial charge in [-0.2, -0.15) is 0 Å². The lowest BCUT2D eigenvalue weighted by Gasteiger charge is -1.84. The molecule has 1 rings (SSSR count). The molecule has 10 heavy (non-hydrogen) atoms. The molecule has 0 saturated heterocycles. The summed E-state index contributed by atoms with van der Waals surface area (Å²) < 4.78 is 0. The molecule has 0 radical (unpaired) electrons. The van der Waals surface area contributed by atoms with Crippen molar-refractivity contribution in [3.8, 4) is 0 Å². The Hall–Kier alpha value is -1.04. The fourth-order valence-electron chi connectivity index (χ4n) is 0.792. The Morgan fingerprint density at radius 1 is 0.500 bits per heavy atom. The molecule has 0 spiro atoms. The van der Waals surface area contributed by atoms with Crippen LogP contribution in [0.2, 0.25) is 0 Å². The van der Waals surface area contributed by atoms with Crippen LogP contribution in [-0.2, 0) is 0 Å². The van der Waals surface area contributed by atoms with Gasteiger partial charge in [-0.05, 0) is 12.8 Å². The van der Waals surface area contributed by atoms with Crippen molar-refractivity contribution in [2.24, 2.45) is 0 Å². The summed E-state index contributed by atoms with van der Waals surface area (Å²) in [6.07, 6.45) is 19.0. The molecule has 0 unspecified atom stereocenters. The third-order valence-corrected chi connectivity index (χ3v) is 1.32. The van der Waals surface area contributed by atoms with E-state index in [2.05, 4.69) is 48.6 Å². The van der Waals surface area contributed by atoms with Crippen LogP contribution in [-0.4, -0.2) is 0 Å². The largest absolute Gasteiger partial charge is 0.0844 e. The van der Waals surface area contributed by atoms with Gasteiger partial charge in [0.15, 0.2) is 0 Å². The van der Waals surface area contributed by atoms with Crippen LogP contribution in [0.4, 0.5) is 0 Å². The number of hydrogen-bond acceptors (Lipinski definition) is 0. The van der Waals surface area contributed by atoms with Crippen molar-refractivity contribution in [1.29, 1.82) is 0 Å². The van der Waals surface area contributed by atoms with Crippen LogP contribution in [0, 0.1) is 0 Å². The van der Waals surface area contributed by atoms with E-state index in [9.17, 15) is 0 Å². The summed E-state index contributed by atoms with van der Waals surface area (Å²) in [5.74, 6) is 0. The standard InChI is InChI=1S/C10H12/c1-2-4-6-8-10-9-7-5-3-1/h1-6,9-10H,7-8H2/b2-1?,5-3+,6-4?,10-9+. The van der Waals surface area contributed by atoms with Crippen molar-refractivity contribution in [2.45, 2.75) is 12.8 Å². The molecule has 0 saturated carbocycles. The highest BCUT2D eigenvalue weighted by molar-refractivity contribution is 5.14. The predicted molar refractivity (Wildman–Crippen MR) is 45.8 cm³/mol. The number of rotatable bonds is 0. The van der Waals surface area contributed by atoms with Crippen molar-refractivity contribution in [1.82, 2.24) is 0 Å². The summed E-state index contributed by atoms with van der Waals surface area (Å²) in [7, 11) is 0. The minimum Gasteiger partial charge on any atom is -0.0844 e. The predicted octanol–water partition coefficient (Wildman–Crippen LogP) is 3.01. The summed E-state index contributed by atoms with van der Waals surface area (Å²) >= 11 is 0. The molecule has 0 nitrogen and oxygen atoms in total. The Kier molecular flexibility index (Phi) is 3.40. The molecule has 1 aliphatic rings. The van der Waals surface area contributed by atoms with Crippen molar-refractivity contribution in [3.05, 3.63) is 48.6 Å². The highest BCUT2D eigenvalue weighted by Crippen LogP contribution is 1.94. The maximum atomic E-state index is 2.18. The fraction of sp³-hybridized carbons (Fsp3) is 0.200. The van der Waals surface area contributed by atoms with Crippen LogP contribution >= 0.6 is 0 Å². The Balaban J connectivity index is 2.51. The van der Waals surface area contributed by atoms with Crippen LogP contribution in [0.5, 0.6) is 0 Å². The zero-order chi connectivity index (χ0) is 7.07. The summed E-state index contributed by atoms with van der Waals surface area (Å²) in [5, 5.41) is 0. The quantitative estimate of drug-likeness (QED) is 0.444. The molecule has 52 valence electrons. The first-order chi connectivity index (χ1) is 5.00. The molecule has 0 heterocycles. The lowest BCUT2D eigenvalue weighted by Crippen LogP contribution is -1.62. The highest BCUT2D eigenvalue weighted by atomic mass is 13.8. The van der Waals surface area contributed by atoms with Gasteiger partial charge >= 0.3 is 0 Å². The van der Waals surface area contributed by atoms with Gasteiger partial charge in [0, 0.05) is 0 Å². The Morgan fingerprint density at radius 3 is 1.50 bits per heavy atom. The van der Waals surface area contributed by atoms with Gasteiger partial charge in [0.25, 0.3) is 0 Å². The molecular formula is C10H12. The summed E-state index contributed by atoms with van der Waals surface area (Å²) in [6, 6.07) is 0. The van der Waals surface area contributed by atoms with Crippen LogP contribution < -0.4 is 0 Å². The fourth-order valence-corrected chi connectivity index (χ4v) is 0.792. The van der Waals surface area contributed by atoms with Crippen LogP contribution in [0.3, 0.4) is 0 Å². The van der Waals surface area contributed by atoms with E-state index in [1.54, 1.807) is 0 Å². The Labute approximate surface area is 62.3 Å². The third kappa shape index (κ3) is 3.08. The molecule has 1 aliphatic carbocycles. The van der Waals surface area contributed by atoms with Crippen molar-refractivity contribution in [2.75, 3.05) is 0 Å². The Morgan fingerprint density at radius 2 is 1.00 bits per heavy atom. The first kappa shape index (κ1) is 7.07. The van der Waals surface area contributed by atoms with E-state index in [-0.39, 0.29) is 0 Å². The smallest absolute Gasteiger partial charge is 0.0166 e. The second kappa shape index (κ2) is 4.80. The second-order valence-corrected chi connectivity index (χ2v) is 2.18. The maximum absolute atomic E-state index is 2.18. The van der Waals surface area contributed by atoms with E-state index in [0.29, 0.717) is 0 Å². The molecule has 0 atom stereocenters. The summed E-state index contributed by atoms with van der Waals surface area (Å²) in [5.41, 5.74) is 0. The van der Waals surface area contributed by atoms with E-state index in [1.807, 2.05) is 0 Å². The molecule has 0 amide bonds. The van der Waals surface area contributed by atoms with E-state index >= 15 is 0 Å². The van der Waals surface area contributed by atoms with Gasteiger partial charge in [-0.3, -0.25) is 0 Å². The minimum atomic E-state index is 1.05. The third-order valence-electron chi connectivity index (χ3n) is 1.32. The van der Waals surface area contributed by atoms with Gasteiger partial charge in [0.05, 0.1) is 0 Å².